The molecule has 1 aromatic heterocycles. The smallest absolute Gasteiger partial charge is 0.238 e. The molecule has 0 aliphatic heterocycles. The molecule has 164 valence electrons. The Morgan fingerprint density at radius 1 is 1.25 bits per heavy atom. The number of carbonyl (C=O) groups excluding carboxylic acids is 1. The molecule has 1 heterocycles. The first-order chi connectivity index (χ1) is 15.4. The van der Waals surface area contributed by atoms with Crippen LogP contribution in [0.5, 0.6) is 17.4 Å². The standard InChI is InChI=1S/C23H20ClN3O5/c1-12(27-30)7-13-8-19(28)22(23(13)29)16-10-15(4-6-20(16)31-2)32-21-11-25-18-9-14(24)3-5-17(18)26-21/h3-6,9-11,13,29-30H,7-8H2,1-2H3. The van der Waals surface area contributed by atoms with E-state index >= 15 is 0 Å². The van der Waals surface area contributed by atoms with E-state index in [1.807, 2.05) is 0 Å². The number of oxime groups is 1. The summed E-state index contributed by atoms with van der Waals surface area (Å²) in [6.45, 7) is 1.63. The first-order valence-electron chi connectivity index (χ1n) is 9.82. The molecule has 0 amide bonds. The Kier molecular flexibility index (Phi) is 5.96. The molecule has 9 heteroatoms. The van der Waals surface area contributed by atoms with Gasteiger partial charge in [0.25, 0.3) is 0 Å². The zero-order valence-corrected chi connectivity index (χ0v) is 18.1. The highest BCUT2D eigenvalue weighted by molar-refractivity contribution is 6.31. The first kappa shape index (κ1) is 21.6. The number of halogens is 1. The number of methoxy groups -OCH3 is 1. The van der Waals surface area contributed by atoms with E-state index in [1.54, 1.807) is 43.3 Å². The number of benzene rings is 2. The second kappa shape index (κ2) is 8.84. The normalized spacial score (nSPS) is 16.7. The van der Waals surface area contributed by atoms with Crippen LogP contribution in [0.1, 0.15) is 25.3 Å². The number of allylic oxidation sites excluding steroid dienone is 2. The highest BCUT2D eigenvalue weighted by atomic mass is 35.5. The quantitative estimate of drug-likeness (QED) is 0.300. The van der Waals surface area contributed by atoms with Crippen LogP contribution in [-0.4, -0.2) is 38.9 Å². The number of Topliss-reactive ketones (excluding diaryl/α,β-unsaturated/α-hetero) is 1. The maximum absolute atomic E-state index is 12.7. The molecular weight excluding hydrogens is 434 g/mol. The van der Waals surface area contributed by atoms with Crippen LogP contribution in [-0.2, 0) is 4.79 Å². The van der Waals surface area contributed by atoms with Gasteiger partial charge >= 0.3 is 0 Å². The maximum atomic E-state index is 12.7. The van der Waals surface area contributed by atoms with E-state index in [9.17, 15) is 9.90 Å². The summed E-state index contributed by atoms with van der Waals surface area (Å²) >= 11 is 5.98. The molecule has 0 spiro atoms. The minimum atomic E-state index is -0.458. The second-order valence-electron chi connectivity index (χ2n) is 7.43. The van der Waals surface area contributed by atoms with Crippen LogP contribution in [0, 0.1) is 5.92 Å². The summed E-state index contributed by atoms with van der Waals surface area (Å²) in [5.74, 6) is 0.333. The van der Waals surface area contributed by atoms with E-state index in [0.717, 1.165) is 0 Å². The largest absolute Gasteiger partial charge is 0.511 e. The Hall–Kier alpha value is -3.65. The van der Waals surface area contributed by atoms with Crippen LogP contribution in [0.15, 0.2) is 53.5 Å². The number of aromatic nitrogens is 2. The minimum Gasteiger partial charge on any atom is -0.511 e. The predicted molar refractivity (Wildman–Crippen MR) is 120 cm³/mol. The number of hydrogen-bond donors (Lipinski definition) is 2. The van der Waals surface area contributed by atoms with Crippen molar-refractivity contribution in [3.05, 3.63) is 58.9 Å². The molecule has 1 unspecified atom stereocenters. The van der Waals surface area contributed by atoms with Crippen molar-refractivity contribution in [3.63, 3.8) is 0 Å². The van der Waals surface area contributed by atoms with Crippen LogP contribution in [0.25, 0.3) is 16.6 Å². The average molecular weight is 454 g/mol. The SMILES string of the molecule is COc1ccc(Oc2cnc3cc(Cl)ccc3n2)cc1C1=C(O)C(CC(C)=NO)CC1=O. The fourth-order valence-corrected chi connectivity index (χ4v) is 3.87. The molecule has 1 aliphatic carbocycles. The third kappa shape index (κ3) is 4.22. The van der Waals surface area contributed by atoms with E-state index < -0.39 is 5.92 Å². The Morgan fingerprint density at radius 2 is 2.06 bits per heavy atom. The second-order valence-corrected chi connectivity index (χ2v) is 7.87. The molecule has 0 fully saturated rings. The Bertz CT molecular complexity index is 1270. The van der Waals surface area contributed by atoms with Gasteiger partial charge in [-0.1, -0.05) is 16.8 Å². The lowest BCUT2D eigenvalue weighted by Crippen LogP contribution is -2.06. The summed E-state index contributed by atoms with van der Waals surface area (Å²) in [5, 5.41) is 23.4. The third-order valence-corrected chi connectivity index (χ3v) is 5.45. The topological polar surface area (TPSA) is 114 Å². The number of carbonyl (C=O) groups is 1. The van der Waals surface area contributed by atoms with Gasteiger partial charge in [-0.25, -0.2) is 9.97 Å². The van der Waals surface area contributed by atoms with Crippen LogP contribution < -0.4 is 9.47 Å². The van der Waals surface area contributed by atoms with Crippen molar-refractivity contribution >= 4 is 39.7 Å². The lowest BCUT2D eigenvalue weighted by Gasteiger charge is -2.13. The summed E-state index contributed by atoms with van der Waals surface area (Å²) in [7, 11) is 1.48. The molecular formula is C23H20ClN3O5. The molecule has 1 atom stereocenters. The number of nitrogens with zero attached hydrogens (tertiary/aromatic N) is 3. The predicted octanol–water partition coefficient (Wildman–Crippen LogP) is 5.18. The Labute approximate surface area is 188 Å². The van der Waals surface area contributed by atoms with E-state index in [2.05, 4.69) is 15.1 Å². The molecule has 0 bridgehead atoms. The monoisotopic (exact) mass is 453 g/mol. The van der Waals surface area contributed by atoms with Crippen molar-refractivity contribution in [3.8, 4) is 17.4 Å². The zero-order chi connectivity index (χ0) is 22.8. The summed E-state index contributed by atoms with van der Waals surface area (Å²) in [6.07, 6.45) is 1.86. The molecule has 32 heavy (non-hydrogen) atoms. The fraction of sp³-hybridized carbons (Fsp3) is 0.217. The number of aliphatic hydroxyl groups is 1. The molecule has 2 aromatic carbocycles. The van der Waals surface area contributed by atoms with Crippen molar-refractivity contribution in [1.29, 1.82) is 0 Å². The van der Waals surface area contributed by atoms with Gasteiger partial charge in [-0.15, -0.1) is 0 Å². The van der Waals surface area contributed by atoms with Crippen molar-refractivity contribution in [2.75, 3.05) is 7.11 Å². The average Bonchev–Trinajstić information content (AvgIpc) is 3.06. The maximum Gasteiger partial charge on any atom is 0.238 e. The molecule has 1 aliphatic rings. The molecule has 3 aromatic rings. The van der Waals surface area contributed by atoms with E-state index in [0.29, 0.717) is 38.8 Å². The summed E-state index contributed by atoms with van der Waals surface area (Å²) in [6, 6.07) is 10.1. The Morgan fingerprint density at radius 3 is 2.81 bits per heavy atom. The summed E-state index contributed by atoms with van der Waals surface area (Å²) < 4.78 is 11.3. The number of ether oxygens (including phenoxy) is 2. The molecule has 0 saturated heterocycles. The first-order valence-corrected chi connectivity index (χ1v) is 10.2. The van der Waals surface area contributed by atoms with Gasteiger partial charge in [0, 0.05) is 22.9 Å². The van der Waals surface area contributed by atoms with Crippen LogP contribution >= 0.6 is 11.6 Å². The van der Waals surface area contributed by atoms with Gasteiger partial charge in [0.2, 0.25) is 5.88 Å². The van der Waals surface area contributed by atoms with Crippen molar-refractivity contribution in [1.82, 2.24) is 9.97 Å². The lowest BCUT2D eigenvalue weighted by atomic mass is 10.0. The fourth-order valence-electron chi connectivity index (χ4n) is 3.71. The van der Waals surface area contributed by atoms with Gasteiger partial charge in [-0.3, -0.25) is 4.79 Å². The minimum absolute atomic E-state index is 0.0594. The van der Waals surface area contributed by atoms with E-state index in [-0.39, 0.29) is 35.8 Å². The van der Waals surface area contributed by atoms with Crippen LogP contribution in [0.4, 0.5) is 0 Å². The van der Waals surface area contributed by atoms with Crippen molar-refractivity contribution < 1.29 is 24.6 Å². The highest BCUT2D eigenvalue weighted by Gasteiger charge is 2.35. The van der Waals surface area contributed by atoms with Gasteiger partial charge in [-0.05, 0) is 49.7 Å². The van der Waals surface area contributed by atoms with Crippen LogP contribution in [0.2, 0.25) is 5.02 Å². The summed E-state index contributed by atoms with van der Waals surface area (Å²) in [4.78, 5) is 21.5. The molecule has 2 N–H and O–H groups in total. The highest BCUT2D eigenvalue weighted by Crippen LogP contribution is 2.41. The van der Waals surface area contributed by atoms with Crippen LogP contribution in [0.3, 0.4) is 0 Å². The number of ketones is 1. The molecule has 0 radical (unpaired) electrons. The van der Waals surface area contributed by atoms with Gasteiger partial charge in [0.1, 0.15) is 17.3 Å². The zero-order valence-electron chi connectivity index (χ0n) is 17.4. The van der Waals surface area contributed by atoms with E-state index in [1.165, 1.54) is 13.3 Å². The number of aliphatic hydroxyl groups excluding tert-OH is 1. The summed E-state index contributed by atoms with van der Waals surface area (Å²) in [5.41, 5.74) is 2.27. The van der Waals surface area contributed by atoms with Gasteiger partial charge in [-0.2, -0.15) is 0 Å². The molecule has 8 nitrogen and oxygen atoms in total. The number of hydrogen-bond acceptors (Lipinski definition) is 8. The van der Waals surface area contributed by atoms with E-state index in [4.69, 9.17) is 26.3 Å². The van der Waals surface area contributed by atoms with Crippen molar-refractivity contribution in [2.24, 2.45) is 11.1 Å². The van der Waals surface area contributed by atoms with Crippen molar-refractivity contribution in [2.45, 2.75) is 19.8 Å². The molecule has 0 saturated carbocycles. The lowest BCUT2D eigenvalue weighted by molar-refractivity contribution is -0.113. The third-order valence-electron chi connectivity index (χ3n) is 5.21. The number of fused-ring (bicyclic) bond motifs is 1. The van der Waals surface area contributed by atoms with Gasteiger partial charge in [0.05, 0.1) is 35.6 Å². The van der Waals surface area contributed by atoms with Gasteiger partial charge in [0.15, 0.2) is 5.78 Å². The molecule has 4 rings (SSSR count). The van der Waals surface area contributed by atoms with Gasteiger partial charge < -0.3 is 19.8 Å². The number of rotatable bonds is 6. The Balaban J connectivity index is 1.69.